The Balaban J connectivity index is 2.19. The molecule has 2 aromatic rings. The van der Waals surface area contributed by atoms with E-state index < -0.39 is 0 Å². The SMILES string of the molecule is CCNC(Cc1ccc(C)cn1)c1cccc(OC)c1. The Bertz CT molecular complexity index is 537. The lowest BCUT2D eigenvalue weighted by Crippen LogP contribution is -2.23. The largest absolute Gasteiger partial charge is 0.497 e. The maximum Gasteiger partial charge on any atom is 0.119 e. The number of rotatable bonds is 6. The maximum absolute atomic E-state index is 5.31. The fourth-order valence-corrected chi connectivity index (χ4v) is 2.24. The molecule has 1 heterocycles. The second-order valence-corrected chi connectivity index (χ2v) is 4.92. The van der Waals surface area contributed by atoms with E-state index in [1.54, 1.807) is 7.11 Å². The van der Waals surface area contributed by atoms with Crippen LogP contribution in [0.5, 0.6) is 5.75 Å². The predicted octanol–water partition coefficient (Wildman–Crippen LogP) is 3.29. The van der Waals surface area contributed by atoms with E-state index in [0.717, 1.165) is 24.4 Å². The van der Waals surface area contributed by atoms with Gasteiger partial charge in [-0.1, -0.05) is 25.1 Å². The van der Waals surface area contributed by atoms with Crippen LogP contribution in [0.15, 0.2) is 42.6 Å². The molecule has 0 aliphatic carbocycles. The first-order valence-electron chi connectivity index (χ1n) is 7.01. The zero-order chi connectivity index (χ0) is 14.4. The topological polar surface area (TPSA) is 34.2 Å². The number of hydrogen-bond acceptors (Lipinski definition) is 3. The molecule has 0 radical (unpaired) electrons. The predicted molar refractivity (Wildman–Crippen MR) is 82.1 cm³/mol. The van der Waals surface area contributed by atoms with Crippen molar-refractivity contribution in [1.29, 1.82) is 0 Å². The van der Waals surface area contributed by atoms with Crippen molar-refractivity contribution in [3.63, 3.8) is 0 Å². The summed E-state index contributed by atoms with van der Waals surface area (Å²) in [6.07, 6.45) is 2.80. The number of benzene rings is 1. The van der Waals surface area contributed by atoms with Crippen LogP contribution in [0.25, 0.3) is 0 Å². The summed E-state index contributed by atoms with van der Waals surface area (Å²) in [5.74, 6) is 0.891. The van der Waals surface area contributed by atoms with E-state index in [4.69, 9.17) is 4.74 Å². The van der Waals surface area contributed by atoms with E-state index in [0.29, 0.717) is 0 Å². The van der Waals surface area contributed by atoms with E-state index in [9.17, 15) is 0 Å². The Morgan fingerprint density at radius 3 is 2.75 bits per heavy atom. The summed E-state index contributed by atoms with van der Waals surface area (Å²) in [5, 5.41) is 3.52. The van der Waals surface area contributed by atoms with Crippen molar-refractivity contribution in [2.24, 2.45) is 0 Å². The van der Waals surface area contributed by atoms with Gasteiger partial charge in [0, 0.05) is 24.4 Å². The molecule has 3 nitrogen and oxygen atoms in total. The van der Waals surface area contributed by atoms with Crippen molar-refractivity contribution in [3.8, 4) is 5.75 Å². The van der Waals surface area contributed by atoms with E-state index in [1.165, 1.54) is 11.1 Å². The van der Waals surface area contributed by atoms with Gasteiger partial charge >= 0.3 is 0 Å². The van der Waals surface area contributed by atoms with Crippen LogP contribution >= 0.6 is 0 Å². The highest BCUT2D eigenvalue weighted by molar-refractivity contribution is 5.31. The van der Waals surface area contributed by atoms with Gasteiger partial charge in [0.2, 0.25) is 0 Å². The fraction of sp³-hybridized carbons (Fsp3) is 0.353. The molecule has 0 bridgehead atoms. The van der Waals surface area contributed by atoms with Crippen molar-refractivity contribution < 1.29 is 4.74 Å². The monoisotopic (exact) mass is 270 g/mol. The summed E-state index contributed by atoms with van der Waals surface area (Å²) in [7, 11) is 1.70. The first-order valence-corrected chi connectivity index (χ1v) is 7.01. The van der Waals surface area contributed by atoms with Crippen LogP contribution in [0.2, 0.25) is 0 Å². The number of hydrogen-bond donors (Lipinski definition) is 1. The van der Waals surface area contributed by atoms with Gasteiger partial charge in [-0.2, -0.15) is 0 Å². The number of pyridine rings is 1. The summed E-state index contributed by atoms with van der Waals surface area (Å²) < 4.78 is 5.31. The molecule has 0 aliphatic rings. The van der Waals surface area contributed by atoms with Crippen LogP contribution in [0, 0.1) is 6.92 Å². The molecule has 1 unspecified atom stereocenters. The summed E-state index contributed by atoms with van der Waals surface area (Å²) in [6, 6.07) is 12.7. The van der Waals surface area contributed by atoms with Crippen LogP contribution in [0.3, 0.4) is 0 Å². The van der Waals surface area contributed by atoms with Gasteiger partial charge in [0.05, 0.1) is 7.11 Å². The van der Waals surface area contributed by atoms with E-state index in [2.05, 4.69) is 48.4 Å². The number of aryl methyl sites for hydroxylation is 1. The number of nitrogens with zero attached hydrogens (tertiary/aromatic N) is 1. The Morgan fingerprint density at radius 2 is 2.10 bits per heavy atom. The smallest absolute Gasteiger partial charge is 0.119 e. The highest BCUT2D eigenvalue weighted by atomic mass is 16.5. The summed E-state index contributed by atoms with van der Waals surface area (Å²) in [5.41, 5.74) is 3.52. The highest BCUT2D eigenvalue weighted by Crippen LogP contribution is 2.22. The molecule has 0 fully saturated rings. The molecule has 1 atom stereocenters. The first-order chi connectivity index (χ1) is 9.72. The third-order valence-electron chi connectivity index (χ3n) is 3.33. The molecule has 0 spiro atoms. The average molecular weight is 270 g/mol. The number of aromatic nitrogens is 1. The summed E-state index contributed by atoms with van der Waals surface area (Å²) in [6.45, 7) is 5.10. The van der Waals surface area contributed by atoms with Crippen molar-refractivity contribution >= 4 is 0 Å². The molecule has 3 heteroatoms. The standard InChI is InChI=1S/C17H22N2O/c1-4-18-17(11-15-9-8-13(2)12-19-15)14-6-5-7-16(10-14)20-3/h5-10,12,17-18H,4,11H2,1-3H3. The van der Waals surface area contributed by atoms with Gasteiger partial charge in [0.1, 0.15) is 5.75 Å². The second kappa shape index (κ2) is 7.06. The number of nitrogens with one attached hydrogen (secondary N) is 1. The molecule has 20 heavy (non-hydrogen) atoms. The van der Waals surface area contributed by atoms with Gasteiger partial charge in [-0.15, -0.1) is 0 Å². The Hall–Kier alpha value is -1.87. The van der Waals surface area contributed by atoms with Crippen LogP contribution < -0.4 is 10.1 Å². The van der Waals surface area contributed by atoms with Gasteiger partial charge in [-0.25, -0.2) is 0 Å². The molecule has 1 N–H and O–H groups in total. The molecular formula is C17H22N2O. The third-order valence-corrected chi connectivity index (χ3v) is 3.33. The molecule has 0 amide bonds. The van der Waals surface area contributed by atoms with Crippen LogP contribution in [0.1, 0.15) is 29.8 Å². The Labute approximate surface area is 121 Å². The minimum atomic E-state index is 0.255. The van der Waals surface area contributed by atoms with E-state index in [1.807, 2.05) is 18.3 Å². The first kappa shape index (κ1) is 14.5. The van der Waals surface area contributed by atoms with Gasteiger partial charge in [-0.05, 0) is 42.8 Å². The van der Waals surface area contributed by atoms with Gasteiger partial charge in [0.15, 0.2) is 0 Å². The minimum Gasteiger partial charge on any atom is -0.497 e. The molecule has 2 rings (SSSR count). The van der Waals surface area contributed by atoms with Gasteiger partial charge in [-0.3, -0.25) is 4.98 Å². The van der Waals surface area contributed by atoms with Crippen molar-refractivity contribution in [2.75, 3.05) is 13.7 Å². The molecule has 0 aliphatic heterocycles. The molecular weight excluding hydrogens is 248 g/mol. The number of ether oxygens (including phenoxy) is 1. The lowest BCUT2D eigenvalue weighted by Gasteiger charge is -2.18. The van der Waals surface area contributed by atoms with Crippen LogP contribution in [0.4, 0.5) is 0 Å². The number of methoxy groups -OCH3 is 1. The van der Waals surface area contributed by atoms with Crippen molar-refractivity contribution in [1.82, 2.24) is 10.3 Å². The van der Waals surface area contributed by atoms with Crippen molar-refractivity contribution in [3.05, 3.63) is 59.4 Å². The van der Waals surface area contributed by atoms with Gasteiger partial charge < -0.3 is 10.1 Å². The molecule has 0 saturated heterocycles. The minimum absolute atomic E-state index is 0.255. The number of likely N-dealkylation sites (N-methyl/N-ethyl adjacent to an activating group) is 1. The highest BCUT2D eigenvalue weighted by Gasteiger charge is 2.12. The Kier molecular flexibility index (Phi) is 5.13. The van der Waals surface area contributed by atoms with Crippen LogP contribution in [-0.2, 0) is 6.42 Å². The summed E-state index contributed by atoms with van der Waals surface area (Å²) >= 11 is 0. The lowest BCUT2D eigenvalue weighted by atomic mass is 10.0. The lowest BCUT2D eigenvalue weighted by molar-refractivity contribution is 0.413. The van der Waals surface area contributed by atoms with Gasteiger partial charge in [0.25, 0.3) is 0 Å². The zero-order valence-corrected chi connectivity index (χ0v) is 12.4. The van der Waals surface area contributed by atoms with Crippen LogP contribution in [-0.4, -0.2) is 18.6 Å². The molecule has 1 aromatic carbocycles. The summed E-state index contributed by atoms with van der Waals surface area (Å²) in [4.78, 5) is 4.50. The fourth-order valence-electron chi connectivity index (χ4n) is 2.24. The maximum atomic E-state index is 5.31. The quantitative estimate of drug-likeness (QED) is 0.874. The van der Waals surface area contributed by atoms with Crippen molar-refractivity contribution in [2.45, 2.75) is 26.3 Å². The zero-order valence-electron chi connectivity index (χ0n) is 12.4. The van der Waals surface area contributed by atoms with E-state index >= 15 is 0 Å². The Morgan fingerprint density at radius 1 is 1.25 bits per heavy atom. The second-order valence-electron chi connectivity index (χ2n) is 4.92. The average Bonchev–Trinajstić information content (AvgIpc) is 2.49. The normalized spacial score (nSPS) is 12.2. The molecule has 0 saturated carbocycles. The molecule has 106 valence electrons. The third kappa shape index (κ3) is 3.81. The molecule has 1 aromatic heterocycles. The van der Waals surface area contributed by atoms with E-state index in [-0.39, 0.29) is 6.04 Å².